The van der Waals surface area contributed by atoms with E-state index < -0.39 is 35.7 Å². The van der Waals surface area contributed by atoms with Crippen LogP contribution >= 0.6 is 0 Å². The molecule has 2 aromatic rings. The molecule has 2 N–H and O–H groups in total. The normalized spacial score (nSPS) is 17.9. The first-order valence-electron chi connectivity index (χ1n) is 10.1. The van der Waals surface area contributed by atoms with Crippen molar-refractivity contribution in [1.82, 2.24) is 10.2 Å². The molecule has 0 spiro atoms. The van der Waals surface area contributed by atoms with Gasteiger partial charge in [0.15, 0.2) is 0 Å². The van der Waals surface area contributed by atoms with Gasteiger partial charge in [0.1, 0.15) is 17.9 Å². The van der Waals surface area contributed by atoms with Crippen molar-refractivity contribution in [3.63, 3.8) is 0 Å². The number of rotatable bonds is 8. The second kappa shape index (κ2) is 9.39. The molecule has 0 aromatic heterocycles. The first-order valence-corrected chi connectivity index (χ1v) is 10.1. The van der Waals surface area contributed by atoms with E-state index >= 15 is 0 Å². The molecule has 0 radical (unpaired) electrons. The lowest BCUT2D eigenvalue weighted by atomic mass is 9.85. The van der Waals surface area contributed by atoms with Crippen LogP contribution in [0.4, 0.5) is 14.9 Å². The Hall–Kier alpha value is -3.73. The summed E-state index contributed by atoms with van der Waals surface area (Å²) in [7, 11) is 0. The summed E-state index contributed by atoms with van der Waals surface area (Å²) in [6.07, 6.45) is 2.07. The van der Waals surface area contributed by atoms with E-state index in [1.807, 2.05) is 13.0 Å². The Balaban J connectivity index is 1.76. The number of hydrogen-bond acceptors (Lipinski definition) is 4. The SMILES string of the molecule is CCCC[C@]1(c2ccc(F)cc2)NC(=O)N(CC(=O)Nc2ccc(CC#N)cc2)C1=O. The Morgan fingerprint density at radius 3 is 2.45 bits per heavy atom. The van der Waals surface area contributed by atoms with Crippen molar-refractivity contribution in [2.75, 3.05) is 11.9 Å². The van der Waals surface area contributed by atoms with E-state index in [0.29, 0.717) is 24.1 Å². The second-order valence-corrected chi connectivity index (χ2v) is 7.42. The third-order valence-electron chi connectivity index (χ3n) is 5.24. The van der Waals surface area contributed by atoms with Crippen molar-refractivity contribution < 1.29 is 18.8 Å². The summed E-state index contributed by atoms with van der Waals surface area (Å²) < 4.78 is 13.4. The molecule has 1 aliphatic rings. The summed E-state index contributed by atoms with van der Waals surface area (Å²) in [6.45, 7) is 1.52. The van der Waals surface area contributed by atoms with Crippen LogP contribution in [0.2, 0.25) is 0 Å². The van der Waals surface area contributed by atoms with Gasteiger partial charge in [-0.05, 0) is 41.8 Å². The predicted molar refractivity (Wildman–Crippen MR) is 112 cm³/mol. The lowest BCUT2D eigenvalue weighted by molar-refractivity contribution is -0.134. The Morgan fingerprint density at radius 1 is 1.16 bits per heavy atom. The predicted octanol–water partition coefficient (Wildman–Crippen LogP) is 3.47. The number of nitrogens with zero attached hydrogens (tertiary/aromatic N) is 2. The molecule has 1 saturated heterocycles. The highest BCUT2D eigenvalue weighted by Crippen LogP contribution is 2.34. The molecular weight excluding hydrogens is 399 g/mol. The van der Waals surface area contributed by atoms with Crippen molar-refractivity contribution >= 4 is 23.5 Å². The summed E-state index contributed by atoms with van der Waals surface area (Å²) in [5, 5.41) is 14.1. The van der Waals surface area contributed by atoms with Crippen LogP contribution in [0, 0.1) is 17.1 Å². The minimum Gasteiger partial charge on any atom is -0.325 e. The first-order chi connectivity index (χ1) is 14.9. The van der Waals surface area contributed by atoms with Gasteiger partial charge in [-0.25, -0.2) is 9.18 Å². The average molecular weight is 422 g/mol. The smallest absolute Gasteiger partial charge is 0.325 e. The van der Waals surface area contributed by atoms with Crippen LogP contribution in [0.25, 0.3) is 0 Å². The van der Waals surface area contributed by atoms with Crippen LogP contribution in [0.15, 0.2) is 48.5 Å². The van der Waals surface area contributed by atoms with Gasteiger partial charge < -0.3 is 10.6 Å². The Bertz CT molecular complexity index is 1010. The number of benzene rings is 2. The molecule has 160 valence electrons. The number of urea groups is 1. The van der Waals surface area contributed by atoms with Gasteiger partial charge >= 0.3 is 6.03 Å². The van der Waals surface area contributed by atoms with E-state index in [4.69, 9.17) is 5.26 Å². The summed E-state index contributed by atoms with van der Waals surface area (Å²) in [6, 6.07) is 13.6. The standard InChI is InChI=1S/C23H23FN4O3/c1-2-3-13-23(17-6-8-18(24)9-7-17)21(30)28(22(31)27-23)15-20(29)26-19-10-4-16(5-11-19)12-14-25/h4-11H,2-3,12-13,15H2,1H3,(H,26,29)(H,27,31)/t23-/m1/s1. The zero-order valence-electron chi connectivity index (χ0n) is 17.2. The first kappa shape index (κ1) is 22.0. The van der Waals surface area contributed by atoms with E-state index in [2.05, 4.69) is 10.6 Å². The molecule has 0 saturated carbocycles. The average Bonchev–Trinajstić information content (AvgIpc) is 2.99. The van der Waals surface area contributed by atoms with Crippen LogP contribution in [-0.2, 0) is 21.5 Å². The number of amides is 4. The minimum absolute atomic E-state index is 0.264. The van der Waals surface area contributed by atoms with Crippen LogP contribution < -0.4 is 10.6 Å². The molecule has 4 amide bonds. The fourth-order valence-electron chi connectivity index (χ4n) is 3.60. The van der Waals surface area contributed by atoms with Gasteiger partial charge in [0.05, 0.1) is 12.5 Å². The number of nitriles is 1. The Labute approximate surface area is 179 Å². The lowest BCUT2D eigenvalue weighted by Gasteiger charge is -2.27. The van der Waals surface area contributed by atoms with Crippen molar-refractivity contribution in [1.29, 1.82) is 5.26 Å². The third-order valence-corrected chi connectivity index (χ3v) is 5.24. The highest BCUT2D eigenvalue weighted by atomic mass is 19.1. The minimum atomic E-state index is -1.32. The van der Waals surface area contributed by atoms with Crippen molar-refractivity contribution in [3.8, 4) is 6.07 Å². The third kappa shape index (κ3) is 4.72. The molecule has 1 aliphatic heterocycles. The van der Waals surface area contributed by atoms with Gasteiger partial charge in [-0.3, -0.25) is 14.5 Å². The fraction of sp³-hybridized carbons (Fsp3) is 0.304. The Kier molecular flexibility index (Phi) is 6.65. The van der Waals surface area contributed by atoms with E-state index in [1.165, 1.54) is 24.3 Å². The highest BCUT2D eigenvalue weighted by Gasteiger charge is 2.52. The van der Waals surface area contributed by atoms with E-state index in [1.54, 1.807) is 24.3 Å². The number of halogens is 1. The van der Waals surface area contributed by atoms with Crippen LogP contribution in [0.5, 0.6) is 0 Å². The van der Waals surface area contributed by atoms with Gasteiger partial charge in [-0.1, -0.05) is 44.0 Å². The molecule has 3 rings (SSSR count). The molecular formula is C23H23FN4O3. The second-order valence-electron chi connectivity index (χ2n) is 7.42. The van der Waals surface area contributed by atoms with Crippen molar-refractivity contribution in [2.45, 2.75) is 38.1 Å². The molecule has 1 fully saturated rings. The number of carbonyl (C=O) groups excluding carboxylic acids is 3. The van der Waals surface area contributed by atoms with Gasteiger partial charge in [0.25, 0.3) is 5.91 Å². The molecule has 0 unspecified atom stereocenters. The molecule has 0 bridgehead atoms. The highest BCUT2D eigenvalue weighted by molar-refractivity contribution is 6.10. The van der Waals surface area contributed by atoms with Crippen LogP contribution in [-0.4, -0.2) is 29.3 Å². The molecule has 31 heavy (non-hydrogen) atoms. The monoisotopic (exact) mass is 422 g/mol. The van der Waals surface area contributed by atoms with Crippen molar-refractivity contribution in [3.05, 3.63) is 65.5 Å². The maximum absolute atomic E-state index is 13.4. The maximum atomic E-state index is 13.4. The van der Waals surface area contributed by atoms with Gasteiger partial charge in [0, 0.05) is 5.69 Å². The molecule has 7 nitrogen and oxygen atoms in total. The largest absolute Gasteiger partial charge is 0.325 e. The topological polar surface area (TPSA) is 102 Å². The number of imide groups is 1. The van der Waals surface area contributed by atoms with Gasteiger partial charge in [0.2, 0.25) is 5.91 Å². The molecule has 1 atom stereocenters. The van der Waals surface area contributed by atoms with Gasteiger partial charge in [-0.15, -0.1) is 0 Å². The number of hydrogen-bond donors (Lipinski definition) is 2. The summed E-state index contributed by atoms with van der Waals surface area (Å²) in [5.41, 5.74) is 0.473. The number of anilines is 1. The molecule has 0 aliphatic carbocycles. The lowest BCUT2D eigenvalue weighted by Crippen LogP contribution is -2.44. The zero-order valence-corrected chi connectivity index (χ0v) is 17.2. The van der Waals surface area contributed by atoms with Crippen molar-refractivity contribution in [2.24, 2.45) is 0 Å². The Morgan fingerprint density at radius 2 is 1.84 bits per heavy atom. The number of nitrogens with one attached hydrogen (secondary N) is 2. The van der Waals surface area contributed by atoms with Gasteiger partial charge in [-0.2, -0.15) is 5.26 Å². The van der Waals surface area contributed by atoms with E-state index in [0.717, 1.165) is 16.9 Å². The van der Waals surface area contributed by atoms with Crippen LogP contribution in [0.3, 0.4) is 0 Å². The molecule has 2 aromatic carbocycles. The summed E-state index contributed by atoms with van der Waals surface area (Å²) >= 11 is 0. The number of carbonyl (C=O) groups is 3. The van der Waals surface area contributed by atoms with E-state index in [-0.39, 0.29) is 6.42 Å². The maximum Gasteiger partial charge on any atom is 0.325 e. The van der Waals surface area contributed by atoms with Crippen LogP contribution in [0.1, 0.15) is 37.3 Å². The fourth-order valence-corrected chi connectivity index (χ4v) is 3.60. The summed E-state index contributed by atoms with van der Waals surface area (Å²) in [4.78, 5) is 39.3. The van der Waals surface area contributed by atoms with E-state index in [9.17, 15) is 18.8 Å². The molecule has 8 heteroatoms. The summed E-state index contributed by atoms with van der Waals surface area (Å²) in [5.74, 6) is -1.50. The number of unbranched alkanes of at least 4 members (excludes halogenated alkanes) is 1. The molecule has 1 heterocycles. The quantitative estimate of drug-likeness (QED) is 0.636. The zero-order chi connectivity index (χ0) is 22.4.